The molecule has 0 aliphatic heterocycles. The lowest BCUT2D eigenvalue weighted by Crippen LogP contribution is -2.17. The first-order chi connectivity index (χ1) is 6.50. The van der Waals surface area contributed by atoms with Crippen molar-refractivity contribution >= 4 is 17.4 Å². The van der Waals surface area contributed by atoms with Crippen LogP contribution in [0.25, 0.3) is 0 Å². The number of nitrogen functional groups attached to an aromatic ring is 1. The summed E-state index contributed by atoms with van der Waals surface area (Å²) in [6.45, 7) is 4.15. The minimum atomic E-state index is 0.0194. The van der Waals surface area contributed by atoms with Gasteiger partial charge in [0, 0.05) is 5.92 Å². The fourth-order valence-corrected chi connectivity index (χ4v) is 1.52. The second-order valence-corrected chi connectivity index (χ2v) is 4.43. The maximum Gasteiger partial charge on any atom is 0.229 e. The third-order valence-corrected chi connectivity index (χ3v) is 2.75. The van der Waals surface area contributed by atoms with Crippen molar-refractivity contribution in [2.45, 2.75) is 20.3 Å². The van der Waals surface area contributed by atoms with E-state index in [0.717, 1.165) is 6.42 Å². The van der Waals surface area contributed by atoms with Crippen LogP contribution in [0.1, 0.15) is 20.3 Å². The molecule has 0 aromatic carbocycles. The minimum Gasteiger partial charge on any atom is -0.394 e. The highest BCUT2D eigenvalue weighted by Crippen LogP contribution is 2.52. The van der Waals surface area contributed by atoms with Crippen LogP contribution in [0.4, 0.5) is 11.5 Å². The molecule has 0 radical (unpaired) electrons. The van der Waals surface area contributed by atoms with E-state index in [1.807, 2.05) is 0 Å². The molecule has 2 rings (SSSR count). The smallest absolute Gasteiger partial charge is 0.229 e. The third-order valence-electron chi connectivity index (χ3n) is 2.75. The summed E-state index contributed by atoms with van der Waals surface area (Å²) in [7, 11) is 0. The van der Waals surface area contributed by atoms with Crippen LogP contribution in [0.15, 0.2) is 6.20 Å². The average Bonchev–Trinajstić information content (AvgIpc) is 2.54. The van der Waals surface area contributed by atoms with Gasteiger partial charge in [0.25, 0.3) is 0 Å². The van der Waals surface area contributed by atoms with Crippen molar-refractivity contribution < 1.29 is 4.79 Å². The Hall–Kier alpha value is -1.52. The molecule has 5 nitrogen and oxygen atoms in total. The van der Waals surface area contributed by atoms with Gasteiger partial charge in [-0.15, -0.1) is 0 Å². The molecule has 0 spiro atoms. The number of nitrogens with two attached hydrogens (primary N) is 1. The van der Waals surface area contributed by atoms with Gasteiger partial charge in [-0.05, 0) is 11.8 Å². The van der Waals surface area contributed by atoms with E-state index >= 15 is 0 Å². The molecule has 1 atom stereocenters. The molecule has 5 heteroatoms. The predicted octanol–water partition coefficient (Wildman–Crippen LogP) is 0.976. The first kappa shape index (κ1) is 9.05. The van der Waals surface area contributed by atoms with Gasteiger partial charge in [-0.3, -0.25) is 9.89 Å². The molecular weight excluding hydrogens is 180 g/mol. The maximum atomic E-state index is 11.6. The zero-order valence-corrected chi connectivity index (χ0v) is 8.29. The van der Waals surface area contributed by atoms with Gasteiger partial charge in [0.05, 0.1) is 11.9 Å². The Bertz CT molecular complexity index is 369. The number of nitrogens with zero attached hydrogens (tertiary/aromatic N) is 1. The summed E-state index contributed by atoms with van der Waals surface area (Å²) in [5.74, 6) is 0.619. The van der Waals surface area contributed by atoms with E-state index in [0.29, 0.717) is 11.5 Å². The molecule has 1 amide bonds. The van der Waals surface area contributed by atoms with Gasteiger partial charge in [0.1, 0.15) is 0 Å². The van der Waals surface area contributed by atoms with Crippen LogP contribution in [0.5, 0.6) is 0 Å². The van der Waals surface area contributed by atoms with Gasteiger partial charge in [-0.25, -0.2) is 0 Å². The summed E-state index contributed by atoms with van der Waals surface area (Å²) in [5, 5.41) is 9.09. The Morgan fingerprint density at radius 1 is 1.79 bits per heavy atom. The van der Waals surface area contributed by atoms with E-state index in [2.05, 4.69) is 29.4 Å². The molecular formula is C9H14N4O. The molecule has 1 aromatic heterocycles. The van der Waals surface area contributed by atoms with Crippen LogP contribution in [0.3, 0.4) is 0 Å². The van der Waals surface area contributed by atoms with Crippen molar-refractivity contribution in [3.8, 4) is 0 Å². The molecule has 1 saturated carbocycles. The average molecular weight is 194 g/mol. The molecule has 1 heterocycles. The third kappa shape index (κ3) is 1.45. The van der Waals surface area contributed by atoms with Crippen LogP contribution in [-0.4, -0.2) is 16.1 Å². The first-order valence-corrected chi connectivity index (χ1v) is 4.60. The molecule has 0 bridgehead atoms. The zero-order valence-electron chi connectivity index (χ0n) is 8.29. The van der Waals surface area contributed by atoms with Crippen molar-refractivity contribution in [1.82, 2.24) is 10.2 Å². The first-order valence-electron chi connectivity index (χ1n) is 4.60. The lowest BCUT2D eigenvalue weighted by atomic mass is 10.1. The molecule has 1 unspecified atom stereocenters. The van der Waals surface area contributed by atoms with E-state index in [9.17, 15) is 4.79 Å². The Labute approximate surface area is 82.1 Å². The minimum absolute atomic E-state index is 0.0194. The highest BCUT2D eigenvalue weighted by molar-refractivity contribution is 5.96. The van der Waals surface area contributed by atoms with Crippen molar-refractivity contribution in [2.24, 2.45) is 11.3 Å². The Morgan fingerprint density at radius 2 is 2.43 bits per heavy atom. The number of hydrogen-bond donors (Lipinski definition) is 3. The van der Waals surface area contributed by atoms with Crippen LogP contribution in [-0.2, 0) is 4.79 Å². The van der Waals surface area contributed by atoms with Crippen molar-refractivity contribution in [3.63, 3.8) is 0 Å². The number of rotatable bonds is 2. The number of anilines is 2. The molecule has 4 N–H and O–H groups in total. The van der Waals surface area contributed by atoms with Gasteiger partial charge >= 0.3 is 0 Å². The number of H-pyrrole nitrogens is 1. The van der Waals surface area contributed by atoms with Crippen molar-refractivity contribution in [3.05, 3.63) is 6.20 Å². The second-order valence-electron chi connectivity index (χ2n) is 4.43. The van der Waals surface area contributed by atoms with E-state index in [1.54, 1.807) is 0 Å². The quantitative estimate of drug-likeness (QED) is 0.656. The molecule has 0 saturated heterocycles. The number of aromatic amines is 1. The lowest BCUT2D eigenvalue weighted by molar-refractivity contribution is -0.118. The van der Waals surface area contributed by atoms with Gasteiger partial charge in [-0.2, -0.15) is 5.10 Å². The second kappa shape index (κ2) is 2.73. The molecule has 1 aromatic rings. The van der Waals surface area contributed by atoms with Crippen LogP contribution < -0.4 is 11.1 Å². The number of nitrogens with one attached hydrogen (secondary N) is 2. The predicted molar refractivity (Wildman–Crippen MR) is 53.5 cm³/mol. The summed E-state index contributed by atoms with van der Waals surface area (Å²) in [6.07, 6.45) is 2.42. The normalized spacial score (nSPS) is 23.1. The molecule has 1 fully saturated rings. The Balaban J connectivity index is 2.00. The van der Waals surface area contributed by atoms with Gasteiger partial charge in [0.2, 0.25) is 5.91 Å². The fraction of sp³-hybridized carbons (Fsp3) is 0.556. The number of carbonyl (C=O) groups is 1. The topological polar surface area (TPSA) is 83.8 Å². The number of amides is 1. The Kier molecular flexibility index (Phi) is 1.77. The van der Waals surface area contributed by atoms with E-state index in [1.165, 1.54) is 6.20 Å². The summed E-state index contributed by atoms with van der Waals surface area (Å²) in [6, 6.07) is 0. The SMILES string of the molecule is CC1(C)CC1C(=O)Nc1[nH]ncc1N. The number of carbonyl (C=O) groups excluding carboxylic acids is 1. The zero-order chi connectivity index (χ0) is 10.3. The van der Waals surface area contributed by atoms with Crippen molar-refractivity contribution in [1.29, 1.82) is 0 Å². The van der Waals surface area contributed by atoms with Crippen LogP contribution >= 0.6 is 0 Å². The lowest BCUT2D eigenvalue weighted by Gasteiger charge is -2.04. The van der Waals surface area contributed by atoms with Crippen LogP contribution in [0, 0.1) is 11.3 Å². The molecule has 1 aliphatic rings. The molecule has 1 aliphatic carbocycles. The Morgan fingerprint density at radius 3 is 2.86 bits per heavy atom. The number of hydrogen-bond acceptors (Lipinski definition) is 3. The van der Waals surface area contributed by atoms with Gasteiger partial charge < -0.3 is 11.1 Å². The number of aromatic nitrogens is 2. The summed E-state index contributed by atoms with van der Waals surface area (Å²) in [4.78, 5) is 11.6. The highest BCUT2D eigenvalue weighted by Gasteiger charge is 2.50. The fourth-order valence-electron chi connectivity index (χ4n) is 1.52. The standard InChI is InChI=1S/C9H14N4O/c1-9(2)3-5(9)8(14)12-7-6(10)4-11-13-7/h4-5H,3,10H2,1-2H3,(H2,11,12,13,14). The van der Waals surface area contributed by atoms with E-state index in [-0.39, 0.29) is 17.2 Å². The highest BCUT2D eigenvalue weighted by atomic mass is 16.2. The van der Waals surface area contributed by atoms with E-state index in [4.69, 9.17) is 5.73 Å². The van der Waals surface area contributed by atoms with Gasteiger partial charge in [-0.1, -0.05) is 13.8 Å². The van der Waals surface area contributed by atoms with E-state index < -0.39 is 0 Å². The summed E-state index contributed by atoms with van der Waals surface area (Å²) < 4.78 is 0. The summed E-state index contributed by atoms with van der Waals surface area (Å²) in [5.41, 5.74) is 6.18. The van der Waals surface area contributed by atoms with Gasteiger partial charge in [0.15, 0.2) is 5.82 Å². The largest absolute Gasteiger partial charge is 0.394 e. The maximum absolute atomic E-state index is 11.6. The molecule has 76 valence electrons. The van der Waals surface area contributed by atoms with Crippen LogP contribution in [0.2, 0.25) is 0 Å². The molecule has 14 heavy (non-hydrogen) atoms. The summed E-state index contributed by atoms with van der Waals surface area (Å²) >= 11 is 0. The van der Waals surface area contributed by atoms with Crippen molar-refractivity contribution in [2.75, 3.05) is 11.1 Å². The monoisotopic (exact) mass is 194 g/mol.